The van der Waals surface area contributed by atoms with Gasteiger partial charge < -0.3 is 10.6 Å². The number of hydrogen-bond donors (Lipinski definition) is 1. The fourth-order valence-electron chi connectivity index (χ4n) is 2.36. The van der Waals surface area contributed by atoms with E-state index in [2.05, 4.69) is 4.98 Å². The minimum atomic E-state index is -3.77. The molecule has 2 rings (SSSR count). The molecule has 7 nitrogen and oxygen atoms in total. The van der Waals surface area contributed by atoms with Gasteiger partial charge in [0.2, 0.25) is 5.91 Å². The summed E-state index contributed by atoms with van der Waals surface area (Å²) in [4.78, 5) is 17.7. The molecule has 0 radical (unpaired) electrons. The lowest BCUT2D eigenvalue weighted by molar-refractivity contribution is -0.142. The highest BCUT2D eigenvalue weighted by Crippen LogP contribution is 2.33. The van der Waals surface area contributed by atoms with Crippen LogP contribution in [0, 0.1) is 6.92 Å². The molecule has 1 fully saturated rings. The maximum atomic E-state index is 12.8. The second-order valence-electron chi connectivity index (χ2n) is 5.29. The zero-order valence-electron chi connectivity index (χ0n) is 11.9. The molecule has 0 aromatic carbocycles. The summed E-state index contributed by atoms with van der Waals surface area (Å²) in [6.45, 7) is 5.46. The molecule has 1 aliphatic rings. The number of piperazine rings is 1. The van der Waals surface area contributed by atoms with Gasteiger partial charge in [-0.25, -0.2) is 13.4 Å². The van der Waals surface area contributed by atoms with E-state index in [-0.39, 0.29) is 21.8 Å². The molecule has 1 saturated heterocycles. The maximum Gasteiger partial charge on any atom is 0.255 e. The zero-order valence-corrected chi connectivity index (χ0v) is 13.5. The van der Waals surface area contributed by atoms with E-state index in [4.69, 9.17) is 5.73 Å². The van der Waals surface area contributed by atoms with Gasteiger partial charge in [-0.15, -0.1) is 0 Å². The van der Waals surface area contributed by atoms with Gasteiger partial charge in [0.05, 0.1) is 5.69 Å². The van der Waals surface area contributed by atoms with E-state index in [0.29, 0.717) is 12.2 Å². The standard InChI is InChI=1S/C11H18N4O3S2/c1-7-8(19-10(12)13-7)20(17,18)15-6-5-14(4)9(16)11(15,2)3/h5-6H2,1-4H3,(H2,12,13). The molecule has 9 heteroatoms. The summed E-state index contributed by atoms with van der Waals surface area (Å²) in [5.74, 6) is -0.220. The summed E-state index contributed by atoms with van der Waals surface area (Å²) >= 11 is 0.930. The molecule has 1 aliphatic heterocycles. The van der Waals surface area contributed by atoms with Crippen LogP contribution >= 0.6 is 11.3 Å². The molecule has 0 unspecified atom stereocenters. The number of aryl methyl sites for hydroxylation is 1. The van der Waals surface area contributed by atoms with E-state index >= 15 is 0 Å². The van der Waals surface area contributed by atoms with Crippen molar-refractivity contribution in [1.29, 1.82) is 0 Å². The van der Waals surface area contributed by atoms with Crippen LogP contribution in [0.25, 0.3) is 0 Å². The van der Waals surface area contributed by atoms with Gasteiger partial charge in [0.1, 0.15) is 5.54 Å². The first-order chi connectivity index (χ1) is 9.08. The van der Waals surface area contributed by atoms with Gasteiger partial charge in [0, 0.05) is 20.1 Å². The number of nitrogen functional groups attached to an aromatic ring is 1. The van der Waals surface area contributed by atoms with E-state index in [1.165, 1.54) is 4.31 Å². The Morgan fingerprint density at radius 1 is 1.35 bits per heavy atom. The van der Waals surface area contributed by atoms with Crippen molar-refractivity contribution in [3.63, 3.8) is 0 Å². The number of anilines is 1. The predicted octanol–water partition coefficient (Wildman–Crippen LogP) is 0.275. The Hall–Kier alpha value is -1.19. The van der Waals surface area contributed by atoms with Crippen molar-refractivity contribution in [1.82, 2.24) is 14.2 Å². The second kappa shape index (κ2) is 4.68. The van der Waals surface area contributed by atoms with Gasteiger partial charge in [-0.3, -0.25) is 4.79 Å². The van der Waals surface area contributed by atoms with E-state index in [1.54, 1.807) is 32.7 Å². The summed E-state index contributed by atoms with van der Waals surface area (Å²) in [6.07, 6.45) is 0. The lowest BCUT2D eigenvalue weighted by atomic mass is 10.0. The molecule has 0 bridgehead atoms. The summed E-state index contributed by atoms with van der Waals surface area (Å²) in [5, 5.41) is 0.208. The maximum absolute atomic E-state index is 12.8. The number of sulfonamides is 1. The number of carbonyl (C=O) groups excluding carboxylic acids is 1. The Morgan fingerprint density at radius 2 is 1.95 bits per heavy atom. The SMILES string of the molecule is Cc1nc(N)sc1S(=O)(=O)N1CCN(C)C(=O)C1(C)C. The van der Waals surface area contributed by atoms with Crippen LogP contribution in [-0.2, 0) is 14.8 Å². The molecular formula is C11H18N4O3S2. The van der Waals surface area contributed by atoms with Crippen LogP contribution in [0.4, 0.5) is 5.13 Å². The molecule has 1 aromatic rings. The first kappa shape index (κ1) is 15.2. The number of hydrogen-bond acceptors (Lipinski definition) is 6. The van der Waals surface area contributed by atoms with Gasteiger partial charge in [-0.2, -0.15) is 4.31 Å². The van der Waals surface area contributed by atoms with Crippen molar-refractivity contribution in [2.45, 2.75) is 30.5 Å². The van der Waals surface area contributed by atoms with E-state index in [9.17, 15) is 13.2 Å². The van der Waals surface area contributed by atoms with Crippen molar-refractivity contribution < 1.29 is 13.2 Å². The Morgan fingerprint density at radius 3 is 2.45 bits per heavy atom. The molecule has 2 heterocycles. The normalized spacial score (nSPS) is 20.4. The van der Waals surface area contributed by atoms with Crippen LogP contribution < -0.4 is 5.73 Å². The summed E-state index contributed by atoms with van der Waals surface area (Å²) in [5.41, 5.74) is 4.83. The van der Waals surface area contributed by atoms with Crippen molar-refractivity contribution in [2.24, 2.45) is 0 Å². The first-order valence-electron chi connectivity index (χ1n) is 6.10. The highest BCUT2D eigenvalue weighted by atomic mass is 32.2. The molecule has 0 aliphatic carbocycles. The molecule has 0 spiro atoms. The lowest BCUT2D eigenvalue weighted by Crippen LogP contribution is -2.63. The van der Waals surface area contributed by atoms with E-state index in [1.807, 2.05) is 0 Å². The number of nitrogens with zero attached hydrogens (tertiary/aromatic N) is 3. The molecule has 1 aromatic heterocycles. The Kier molecular flexibility index (Phi) is 3.55. The number of rotatable bonds is 2. The number of likely N-dealkylation sites (N-methyl/N-ethyl adjacent to an activating group) is 1. The van der Waals surface area contributed by atoms with E-state index in [0.717, 1.165) is 11.3 Å². The number of nitrogens with two attached hydrogens (primary N) is 1. The van der Waals surface area contributed by atoms with Crippen LogP contribution in [0.5, 0.6) is 0 Å². The number of thiazole rings is 1. The third-order valence-corrected chi connectivity index (χ3v) is 7.07. The molecule has 0 atom stereocenters. The van der Waals surface area contributed by atoms with Gasteiger partial charge >= 0.3 is 0 Å². The van der Waals surface area contributed by atoms with Crippen LogP contribution in [0.3, 0.4) is 0 Å². The van der Waals surface area contributed by atoms with Gasteiger partial charge in [-0.1, -0.05) is 11.3 Å². The fraction of sp³-hybridized carbons (Fsp3) is 0.636. The fourth-order valence-corrected chi connectivity index (χ4v) is 5.49. The van der Waals surface area contributed by atoms with Crippen LogP contribution in [0.1, 0.15) is 19.5 Å². The minimum absolute atomic E-state index is 0.112. The third-order valence-electron chi connectivity index (χ3n) is 3.43. The van der Waals surface area contributed by atoms with Crippen LogP contribution in [0.2, 0.25) is 0 Å². The monoisotopic (exact) mass is 318 g/mol. The molecule has 112 valence electrons. The summed E-state index contributed by atoms with van der Waals surface area (Å²) in [7, 11) is -2.10. The Labute approximate surface area is 122 Å². The van der Waals surface area contributed by atoms with E-state index < -0.39 is 15.6 Å². The molecule has 20 heavy (non-hydrogen) atoms. The predicted molar refractivity (Wildman–Crippen MR) is 76.9 cm³/mol. The third kappa shape index (κ3) is 2.19. The van der Waals surface area contributed by atoms with Gasteiger partial charge in [0.25, 0.3) is 10.0 Å². The second-order valence-corrected chi connectivity index (χ2v) is 8.38. The lowest BCUT2D eigenvalue weighted by Gasteiger charge is -2.43. The number of amides is 1. The molecular weight excluding hydrogens is 300 g/mol. The largest absolute Gasteiger partial charge is 0.375 e. The first-order valence-corrected chi connectivity index (χ1v) is 8.35. The van der Waals surface area contributed by atoms with Gasteiger partial charge in [-0.05, 0) is 20.8 Å². The van der Waals surface area contributed by atoms with Crippen molar-refractivity contribution in [2.75, 3.05) is 25.9 Å². The number of aromatic nitrogens is 1. The minimum Gasteiger partial charge on any atom is -0.375 e. The smallest absolute Gasteiger partial charge is 0.255 e. The zero-order chi connectivity index (χ0) is 15.3. The Balaban J connectivity index is 2.50. The average Bonchev–Trinajstić information content (AvgIpc) is 2.66. The molecule has 1 amide bonds. The molecule has 0 saturated carbocycles. The molecule has 2 N–H and O–H groups in total. The highest BCUT2D eigenvalue weighted by molar-refractivity contribution is 7.91. The summed E-state index contributed by atoms with van der Waals surface area (Å²) in [6, 6.07) is 0. The van der Waals surface area contributed by atoms with Crippen LogP contribution in [0.15, 0.2) is 4.21 Å². The van der Waals surface area contributed by atoms with Gasteiger partial charge in [0.15, 0.2) is 9.34 Å². The average molecular weight is 318 g/mol. The van der Waals surface area contributed by atoms with Crippen molar-refractivity contribution in [3.05, 3.63) is 5.69 Å². The Bertz CT molecular complexity index is 651. The number of carbonyl (C=O) groups is 1. The summed E-state index contributed by atoms with van der Waals surface area (Å²) < 4.78 is 26.9. The van der Waals surface area contributed by atoms with Crippen LogP contribution in [-0.4, -0.2) is 54.2 Å². The quantitative estimate of drug-likeness (QED) is 0.844. The van der Waals surface area contributed by atoms with Crippen molar-refractivity contribution in [3.8, 4) is 0 Å². The topological polar surface area (TPSA) is 96.6 Å². The van der Waals surface area contributed by atoms with Crippen molar-refractivity contribution >= 4 is 32.4 Å². The highest BCUT2D eigenvalue weighted by Gasteiger charge is 2.47.